The highest BCUT2D eigenvalue weighted by Gasteiger charge is 2.32. The Morgan fingerprint density at radius 1 is 1.38 bits per heavy atom. The van der Waals surface area contributed by atoms with E-state index in [2.05, 4.69) is 38.8 Å². The largest absolute Gasteiger partial charge is 0.377 e. The maximum absolute atomic E-state index is 12.3. The van der Waals surface area contributed by atoms with Gasteiger partial charge in [-0.2, -0.15) is 0 Å². The number of carbonyl (C=O) groups excluding carboxylic acids is 1. The number of amides is 1. The average molecular weight is 325 g/mol. The molecule has 116 valence electrons. The highest BCUT2D eigenvalue weighted by atomic mass is 32.2. The predicted molar refractivity (Wildman–Crippen MR) is 94.0 cm³/mol. The molecule has 0 spiro atoms. The van der Waals surface area contributed by atoms with Crippen molar-refractivity contribution in [1.82, 2.24) is 9.80 Å². The number of likely N-dealkylation sites (tertiary alicyclic amines) is 1. The van der Waals surface area contributed by atoms with E-state index in [-0.39, 0.29) is 5.91 Å². The van der Waals surface area contributed by atoms with E-state index < -0.39 is 0 Å². The molecule has 0 N–H and O–H groups in total. The molecule has 0 unspecified atom stereocenters. The lowest BCUT2D eigenvalue weighted by molar-refractivity contribution is -0.122. The molecule has 5 heteroatoms. The molecule has 0 aliphatic carbocycles. The molecule has 2 heterocycles. The van der Waals surface area contributed by atoms with E-state index in [0.717, 1.165) is 37.3 Å². The lowest BCUT2D eigenvalue weighted by Crippen LogP contribution is -2.28. The van der Waals surface area contributed by atoms with Crippen LogP contribution in [-0.4, -0.2) is 40.2 Å². The van der Waals surface area contributed by atoms with Crippen LogP contribution in [0.15, 0.2) is 22.8 Å². The van der Waals surface area contributed by atoms with Crippen molar-refractivity contribution in [2.24, 2.45) is 5.41 Å². The first-order valence-corrected chi connectivity index (χ1v) is 8.72. The summed E-state index contributed by atoms with van der Waals surface area (Å²) in [5, 5.41) is 0. The molecule has 0 aromatic heterocycles. The Bertz CT molecular complexity index is 508. The van der Waals surface area contributed by atoms with Gasteiger partial charge < -0.3 is 4.90 Å². The molecular formula is C16H24N2OS2. The van der Waals surface area contributed by atoms with Crippen LogP contribution in [0.25, 0.3) is 0 Å². The quantitative estimate of drug-likeness (QED) is 0.580. The minimum Gasteiger partial charge on any atom is -0.377 e. The average Bonchev–Trinajstić information content (AvgIpc) is 2.81. The summed E-state index contributed by atoms with van der Waals surface area (Å²) in [6.45, 7) is 8.46. The number of thioether (sulfide) groups is 1. The zero-order valence-electron chi connectivity index (χ0n) is 13.3. The SMILES string of the molecule is CCCCN1C(=O)/C(=C/C=C2/CC(C)(C)CN2C)SC1=S. The van der Waals surface area contributed by atoms with Gasteiger partial charge in [-0.1, -0.05) is 51.2 Å². The van der Waals surface area contributed by atoms with Crippen LogP contribution in [0.1, 0.15) is 40.0 Å². The molecule has 2 aliphatic heterocycles. The fourth-order valence-electron chi connectivity index (χ4n) is 2.81. The molecular weight excluding hydrogens is 300 g/mol. The van der Waals surface area contributed by atoms with E-state index in [4.69, 9.17) is 12.2 Å². The van der Waals surface area contributed by atoms with Crippen molar-refractivity contribution in [3.63, 3.8) is 0 Å². The van der Waals surface area contributed by atoms with Gasteiger partial charge in [0.1, 0.15) is 4.32 Å². The van der Waals surface area contributed by atoms with Crippen LogP contribution in [0.5, 0.6) is 0 Å². The topological polar surface area (TPSA) is 23.6 Å². The molecule has 0 aromatic rings. The van der Waals surface area contributed by atoms with Crippen molar-refractivity contribution in [1.29, 1.82) is 0 Å². The Labute approximate surface area is 137 Å². The third-order valence-corrected chi connectivity index (χ3v) is 5.25. The van der Waals surface area contributed by atoms with Gasteiger partial charge in [-0.25, -0.2) is 0 Å². The molecule has 2 fully saturated rings. The van der Waals surface area contributed by atoms with E-state index in [9.17, 15) is 4.79 Å². The van der Waals surface area contributed by atoms with Crippen molar-refractivity contribution < 1.29 is 4.79 Å². The fraction of sp³-hybridized carbons (Fsp3) is 0.625. The van der Waals surface area contributed by atoms with E-state index in [0.29, 0.717) is 9.74 Å². The summed E-state index contributed by atoms with van der Waals surface area (Å²) >= 11 is 6.74. The standard InChI is InChI=1S/C16H24N2OS2/c1-5-6-9-18-14(19)13(21-15(18)20)8-7-12-10-16(2,3)11-17(12)4/h7-8H,5-6,9-11H2,1-4H3/b12-7-,13-8-. The van der Waals surface area contributed by atoms with Crippen LogP contribution >= 0.6 is 24.0 Å². The van der Waals surface area contributed by atoms with Crippen molar-refractivity contribution in [3.8, 4) is 0 Å². The van der Waals surface area contributed by atoms with Gasteiger partial charge in [0.2, 0.25) is 0 Å². The number of thiocarbonyl (C=S) groups is 1. The normalized spacial score (nSPS) is 25.7. The van der Waals surface area contributed by atoms with Gasteiger partial charge in [0.25, 0.3) is 5.91 Å². The highest BCUT2D eigenvalue weighted by Crippen LogP contribution is 2.36. The van der Waals surface area contributed by atoms with Crippen molar-refractivity contribution in [3.05, 3.63) is 22.8 Å². The summed E-state index contributed by atoms with van der Waals surface area (Å²) in [5.41, 5.74) is 1.60. The molecule has 2 rings (SSSR count). The first-order chi connectivity index (χ1) is 9.84. The van der Waals surface area contributed by atoms with E-state index in [1.54, 1.807) is 4.90 Å². The second-order valence-electron chi connectivity index (χ2n) is 6.56. The fourth-order valence-corrected chi connectivity index (χ4v) is 4.06. The van der Waals surface area contributed by atoms with Crippen molar-refractivity contribution in [2.45, 2.75) is 40.0 Å². The first kappa shape index (κ1) is 16.6. The molecule has 0 bridgehead atoms. The molecule has 0 aromatic carbocycles. The van der Waals surface area contributed by atoms with Crippen LogP contribution in [-0.2, 0) is 4.79 Å². The van der Waals surface area contributed by atoms with E-state index in [1.165, 1.54) is 17.5 Å². The molecule has 21 heavy (non-hydrogen) atoms. The zero-order chi connectivity index (χ0) is 15.6. The number of allylic oxidation sites excluding steroid dienone is 3. The van der Waals surface area contributed by atoms with E-state index in [1.807, 2.05) is 6.08 Å². The number of rotatable bonds is 4. The Kier molecular flexibility index (Phi) is 5.15. The molecule has 1 amide bonds. The van der Waals surface area contributed by atoms with Crippen molar-refractivity contribution >= 4 is 34.2 Å². The molecule has 3 nitrogen and oxygen atoms in total. The maximum atomic E-state index is 12.3. The smallest absolute Gasteiger partial charge is 0.266 e. The Morgan fingerprint density at radius 2 is 2.10 bits per heavy atom. The number of carbonyl (C=O) groups is 1. The highest BCUT2D eigenvalue weighted by molar-refractivity contribution is 8.26. The minimum absolute atomic E-state index is 0.0650. The van der Waals surface area contributed by atoms with Gasteiger partial charge in [0.15, 0.2) is 0 Å². The summed E-state index contributed by atoms with van der Waals surface area (Å²) in [6, 6.07) is 0. The monoisotopic (exact) mass is 324 g/mol. The summed E-state index contributed by atoms with van der Waals surface area (Å²) in [5.74, 6) is 0.0650. The molecule has 0 atom stereocenters. The van der Waals surface area contributed by atoms with Crippen LogP contribution in [0, 0.1) is 5.41 Å². The van der Waals surface area contributed by atoms with Gasteiger partial charge >= 0.3 is 0 Å². The lowest BCUT2D eigenvalue weighted by atomic mass is 9.92. The summed E-state index contributed by atoms with van der Waals surface area (Å²) < 4.78 is 0.693. The zero-order valence-corrected chi connectivity index (χ0v) is 14.9. The number of hydrogen-bond donors (Lipinski definition) is 0. The van der Waals surface area contributed by atoms with Crippen LogP contribution in [0.3, 0.4) is 0 Å². The molecule has 2 aliphatic rings. The van der Waals surface area contributed by atoms with Gasteiger partial charge in [0, 0.05) is 25.8 Å². The minimum atomic E-state index is 0.0650. The lowest BCUT2D eigenvalue weighted by Gasteiger charge is -2.16. The number of hydrogen-bond acceptors (Lipinski definition) is 4. The third kappa shape index (κ3) is 3.89. The second kappa shape index (κ2) is 6.53. The predicted octanol–water partition coefficient (Wildman–Crippen LogP) is 3.78. The van der Waals surface area contributed by atoms with Crippen molar-refractivity contribution in [2.75, 3.05) is 20.1 Å². The van der Waals surface area contributed by atoms with E-state index >= 15 is 0 Å². The molecule has 0 radical (unpaired) electrons. The van der Waals surface area contributed by atoms with Crippen LogP contribution in [0.4, 0.5) is 0 Å². The Morgan fingerprint density at radius 3 is 2.67 bits per heavy atom. The summed E-state index contributed by atoms with van der Waals surface area (Å²) in [4.78, 5) is 17.1. The van der Waals surface area contributed by atoms with Crippen LogP contribution in [0.2, 0.25) is 0 Å². The summed E-state index contributed by atoms with van der Waals surface area (Å²) in [6.07, 6.45) is 7.15. The second-order valence-corrected chi connectivity index (χ2v) is 8.24. The van der Waals surface area contributed by atoms with Gasteiger partial charge in [-0.3, -0.25) is 9.69 Å². The summed E-state index contributed by atoms with van der Waals surface area (Å²) in [7, 11) is 2.11. The molecule has 0 saturated carbocycles. The van der Waals surface area contributed by atoms with Gasteiger partial charge in [-0.05, 0) is 30.4 Å². The molecule has 2 saturated heterocycles. The van der Waals surface area contributed by atoms with Gasteiger partial charge in [0.05, 0.1) is 4.91 Å². The Balaban J connectivity index is 2.09. The maximum Gasteiger partial charge on any atom is 0.266 e. The number of nitrogens with zero attached hydrogens (tertiary/aromatic N) is 2. The first-order valence-electron chi connectivity index (χ1n) is 7.50. The van der Waals surface area contributed by atoms with Gasteiger partial charge in [-0.15, -0.1) is 0 Å². The Hall–Kier alpha value is -0.810. The number of unbranched alkanes of at least 4 members (excludes halogenated alkanes) is 1. The van der Waals surface area contributed by atoms with Crippen LogP contribution < -0.4 is 0 Å². The third-order valence-electron chi connectivity index (χ3n) is 3.85.